The molecule has 0 saturated heterocycles. The lowest BCUT2D eigenvalue weighted by atomic mass is 10.3. The van der Waals surface area contributed by atoms with Crippen molar-refractivity contribution in [2.24, 2.45) is 0 Å². The van der Waals surface area contributed by atoms with Crippen LogP contribution in [0.25, 0.3) is 0 Å². The quantitative estimate of drug-likeness (QED) is 0.623. The molecule has 3 aromatic rings. The van der Waals surface area contributed by atoms with Crippen molar-refractivity contribution in [3.63, 3.8) is 0 Å². The van der Waals surface area contributed by atoms with E-state index in [9.17, 15) is 4.79 Å². The van der Waals surface area contributed by atoms with Gasteiger partial charge in [0.2, 0.25) is 0 Å². The average Bonchev–Trinajstić information content (AvgIpc) is 3.12. The number of rotatable bonds is 7. The normalized spacial score (nSPS) is 10.4. The third-order valence-electron chi connectivity index (χ3n) is 3.52. The molecule has 1 N–H and O–H groups in total. The second kappa shape index (κ2) is 8.45. The van der Waals surface area contributed by atoms with Crippen molar-refractivity contribution in [3.05, 3.63) is 77.2 Å². The number of para-hydroxylation sites is 2. The fraction of sp³-hybridized carbons (Fsp3) is 0.150. The molecule has 0 saturated carbocycles. The summed E-state index contributed by atoms with van der Waals surface area (Å²) in [5.74, 6) is 1.67. The Morgan fingerprint density at radius 3 is 2.58 bits per heavy atom. The van der Waals surface area contributed by atoms with E-state index in [0.29, 0.717) is 34.6 Å². The topological polar surface area (TPSA) is 60.7 Å². The minimum absolute atomic E-state index is 0.200. The van der Waals surface area contributed by atoms with Crippen molar-refractivity contribution < 1.29 is 18.7 Å². The lowest BCUT2D eigenvalue weighted by Crippen LogP contribution is -2.12. The third-order valence-corrected chi connectivity index (χ3v) is 3.77. The van der Waals surface area contributed by atoms with Crippen LogP contribution < -0.4 is 14.8 Å². The number of amides is 1. The summed E-state index contributed by atoms with van der Waals surface area (Å²) in [5.41, 5.74) is 0.592. The number of ether oxygens (including phenoxy) is 2. The summed E-state index contributed by atoms with van der Waals surface area (Å²) >= 11 is 5.84. The van der Waals surface area contributed by atoms with Crippen LogP contribution in [0.5, 0.6) is 11.5 Å². The van der Waals surface area contributed by atoms with Gasteiger partial charge in [0.1, 0.15) is 23.9 Å². The van der Waals surface area contributed by atoms with Crippen LogP contribution in [-0.2, 0) is 6.61 Å². The molecule has 0 aliphatic carbocycles. The Balaban J connectivity index is 1.62. The summed E-state index contributed by atoms with van der Waals surface area (Å²) in [4.78, 5) is 12.4. The van der Waals surface area contributed by atoms with Gasteiger partial charge in [-0.15, -0.1) is 0 Å². The minimum Gasteiger partial charge on any atom is -0.492 e. The average molecular weight is 372 g/mol. The van der Waals surface area contributed by atoms with E-state index in [-0.39, 0.29) is 18.3 Å². The first-order chi connectivity index (χ1) is 12.7. The van der Waals surface area contributed by atoms with E-state index < -0.39 is 0 Å². The van der Waals surface area contributed by atoms with Gasteiger partial charge in [0.25, 0.3) is 5.91 Å². The Hall–Kier alpha value is -2.92. The highest BCUT2D eigenvalue weighted by Gasteiger charge is 2.14. The maximum atomic E-state index is 12.4. The van der Waals surface area contributed by atoms with Crippen LogP contribution in [0, 0.1) is 0 Å². The van der Waals surface area contributed by atoms with Crippen molar-refractivity contribution in [3.8, 4) is 11.5 Å². The van der Waals surface area contributed by atoms with Crippen LogP contribution in [0.1, 0.15) is 23.2 Å². The summed E-state index contributed by atoms with van der Waals surface area (Å²) < 4.78 is 16.7. The van der Waals surface area contributed by atoms with Gasteiger partial charge in [-0.1, -0.05) is 23.7 Å². The number of nitrogens with one attached hydrogen (secondary N) is 1. The van der Waals surface area contributed by atoms with Gasteiger partial charge in [-0.2, -0.15) is 0 Å². The fourth-order valence-electron chi connectivity index (χ4n) is 2.30. The zero-order valence-corrected chi connectivity index (χ0v) is 15.0. The van der Waals surface area contributed by atoms with E-state index in [1.54, 1.807) is 48.5 Å². The maximum absolute atomic E-state index is 12.4. The predicted octanol–water partition coefficient (Wildman–Crippen LogP) is 5.16. The molecule has 0 radical (unpaired) electrons. The molecule has 0 unspecified atom stereocenters. The van der Waals surface area contributed by atoms with Crippen molar-refractivity contribution in [2.75, 3.05) is 11.9 Å². The highest BCUT2D eigenvalue weighted by molar-refractivity contribution is 6.30. The number of carbonyl (C=O) groups is 1. The van der Waals surface area contributed by atoms with E-state index in [0.717, 1.165) is 0 Å². The Kier molecular flexibility index (Phi) is 5.81. The summed E-state index contributed by atoms with van der Waals surface area (Å²) in [6.45, 7) is 2.61. The SMILES string of the molecule is CCOc1ccccc1NC(=O)c1ccc(COc2ccc(Cl)cc2)o1. The molecule has 134 valence electrons. The Morgan fingerprint density at radius 2 is 1.81 bits per heavy atom. The first-order valence-electron chi connectivity index (χ1n) is 8.16. The van der Waals surface area contributed by atoms with Gasteiger partial charge in [0.15, 0.2) is 5.76 Å². The maximum Gasteiger partial charge on any atom is 0.291 e. The molecule has 0 aliphatic rings. The number of carbonyl (C=O) groups excluding carboxylic acids is 1. The van der Waals surface area contributed by atoms with Gasteiger partial charge in [-0.25, -0.2) is 0 Å². The van der Waals surface area contributed by atoms with Crippen LogP contribution in [0.4, 0.5) is 5.69 Å². The third kappa shape index (κ3) is 4.58. The second-order valence-electron chi connectivity index (χ2n) is 5.39. The standard InChI is InChI=1S/C20H18ClNO4/c1-2-24-18-6-4-3-5-17(18)22-20(23)19-12-11-16(26-19)13-25-15-9-7-14(21)8-10-15/h3-12H,2,13H2,1H3,(H,22,23). The van der Waals surface area contributed by atoms with Crippen molar-refractivity contribution in [2.45, 2.75) is 13.5 Å². The Labute approximate surface area is 156 Å². The second-order valence-corrected chi connectivity index (χ2v) is 5.83. The highest BCUT2D eigenvalue weighted by Crippen LogP contribution is 2.24. The van der Waals surface area contributed by atoms with Crippen LogP contribution in [0.3, 0.4) is 0 Å². The van der Waals surface area contributed by atoms with Crippen LogP contribution in [-0.4, -0.2) is 12.5 Å². The number of anilines is 1. The van der Waals surface area contributed by atoms with Crippen LogP contribution in [0.15, 0.2) is 65.1 Å². The molecular formula is C20H18ClNO4. The number of hydrogen-bond donors (Lipinski definition) is 1. The van der Waals surface area contributed by atoms with E-state index in [1.165, 1.54) is 0 Å². The van der Waals surface area contributed by atoms with Gasteiger partial charge in [0.05, 0.1) is 12.3 Å². The molecule has 3 rings (SSSR count). The lowest BCUT2D eigenvalue weighted by molar-refractivity contribution is 0.0992. The molecule has 0 spiro atoms. The molecule has 0 atom stereocenters. The molecule has 2 aromatic carbocycles. The summed E-state index contributed by atoms with van der Waals surface area (Å²) in [7, 11) is 0. The van der Waals surface area contributed by atoms with Crippen molar-refractivity contribution in [1.29, 1.82) is 0 Å². The molecule has 0 aliphatic heterocycles. The molecule has 26 heavy (non-hydrogen) atoms. The van der Waals surface area contributed by atoms with E-state index >= 15 is 0 Å². The monoisotopic (exact) mass is 371 g/mol. The zero-order valence-electron chi connectivity index (χ0n) is 14.2. The Morgan fingerprint density at radius 1 is 1.04 bits per heavy atom. The van der Waals surface area contributed by atoms with Crippen molar-refractivity contribution >= 4 is 23.2 Å². The molecular weight excluding hydrogens is 354 g/mol. The van der Waals surface area contributed by atoms with Crippen LogP contribution >= 0.6 is 11.6 Å². The largest absolute Gasteiger partial charge is 0.492 e. The molecule has 0 bridgehead atoms. The first-order valence-corrected chi connectivity index (χ1v) is 8.53. The Bertz CT molecular complexity index is 874. The molecule has 1 heterocycles. The van der Waals surface area contributed by atoms with Crippen molar-refractivity contribution in [1.82, 2.24) is 0 Å². The van der Waals surface area contributed by atoms with E-state index in [1.807, 2.05) is 19.1 Å². The summed E-state index contributed by atoms with van der Waals surface area (Å²) in [6.07, 6.45) is 0. The van der Waals surface area contributed by atoms with E-state index in [2.05, 4.69) is 5.32 Å². The predicted molar refractivity (Wildman–Crippen MR) is 100 cm³/mol. The molecule has 1 amide bonds. The summed E-state index contributed by atoms with van der Waals surface area (Å²) in [5, 5.41) is 3.43. The van der Waals surface area contributed by atoms with Gasteiger partial charge in [-0.3, -0.25) is 4.79 Å². The number of halogens is 1. The van der Waals surface area contributed by atoms with Gasteiger partial charge in [0, 0.05) is 5.02 Å². The molecule has 1 aromatic heterocycles. The molecule has 6 heteroatoms. The zero-order chi connectivity index (χ0) is 18.4. The van der Waals surface area contributed by atoms with Gasteiger partial charge >= 0.3 is 0 Å². The number of hydrogen-bond acceptors (Lipinski definition) is 4. The first kappa shape index (κ1) is 17.9. The smallest absolute Gasteiger partial charge is 0.291 e. The van der Waals surface area contributed by atoms with Gasteiger partial charge < -0.3 is 19.2 Å². The minimum atomic E-state index is -0.352. The lowest BCUT2D eigenvalue weighted by Gasteiger charge is -2.10. The van der Waals surface area contributed by atoms with Gasteiger partial charge in [-0.05, 0) is 55.5 Å². The molecule has 5 nitrogen and oxygen atoms in total. The fourth-order valence-corrected chi connectivity index (χ4v) is 2.42. The van der Waals surface area contributed by atoms with Crippen LogP contribution in [0.2, 0.25) is 5.02 Å². The van der Waals surface area contributed by atoms with E-state index in [4.69, 9.17) is 25.5 Å². The number of benzene rings is 2. The summed E-state index contributed by atoms with van der Waals surface area (Å²) in [6, 6.07) is 17.6. The molecule has 0 fully saturated rings. The highest BCUT2D eigenvalue weighted by atomic mass is 35.5. The number of furan rings is 1.